The van der Waals surface area contributed by atoms with Crippen LogP contribution in [0.15, 0.2) is 21.8 Å². The van der Waals surface area contributed by atoms with Gasteiger partial charge < -0.3 is 0 Å². The average molecular weight is 144 g/mol. The molecule has 0 amide bonds. The minimum atomic E-state index is 1.13. The lowest BCUT2D eigenvalue weighted by molar-refractivity contribution is 1.70. The molecular formula is C6H8S2. The van der Waals surface area contributed by atoms with Gasteiger partial charge in [-0.3, -0.25) is 0 Å². The summed E-state index contributed by atoms with van der Waals surface area (Å²) in [5.74, 6) is 1.13. The lowest BCUT2D eigenvalue weighted by Gasteiger charge is -1.89. The molecule has 0 saturated heterocycles. The Kier molecular flexibility index (Phi) is 2.56. The molecule has 0 aliphatic carbocycles. The van der Waals surface area contributed by atoms with Crippen molar-refractivity contribution < 1.29 is 0 Å². The highest BCUT2D eigenvalue weighted by molar-refractivity contribution is 8.08. The third-order valence-electron chi connectivity index (χ3n) is 0.816. The van der Waals surface area contributed by atoms with Crippen LogP contribution in [0.5, 0.6) is 0 Å². The van der Waals surface area contributed by atoms with Crippen LogP contribution in [0.25, 0.3) is 0 Å². The Bertz CT molecular complexity index is 124. The van der Waals surface area contributed by atoms with Gasteiger partial charge in [-0.05, 0) is 22.6 Å². The molecule has 0 nitrogen and oxygen atoms in total. The number of hydrogen-bond acceptors (Lipinski definition) is 2. The Balaban J connectivity index is 2.48. The lowest BCUT2D eigenvalue weighted by atomic mass is 10.7. The minimum Gasteiger partial charge on any atom is -0.126 e. The molecule has 0 aromatic heterocycles. The van der Waals surface area contributed by atoms with Crippen LogP contribution in [0, 0.1) is 0 Å². The molecule has 0 aromatic carbocycles. The highest BCUT2D eigenvalue weighted by atomic mass is 32.2. The van der Waals surface area contributed by atoms with Crippen LogP contribution in [-0.2, 0) is 0 Å². The second-order valence-corrected chi connectivity index (χ2v) is 3.59. The van der Waals surface area contributed by atoms with E-state index in [1.54, 1.807) is 11.8 Å². The predicted octanol–water partition coefficient (Wildman–Crippen LogP) is 2.84. The fraction of sp³-hybridized carbons (Fsp3) is 0.333. The zero-order valence-corrected chi connectivity index (χ0v) is 6.39. The van der Waals surface area contributed by atoms with Crippen LogP contribution >= 0.6 is 23.5 Å². The summed E-state index contributed by atoms with van der Waals surface area (Å²) in [6.45, 7) is 2.14. The molecule has 1 aliphatic heterocycles. The summed E-state index contributed by atoms with van der Waals surface area (Å²) in [4.78, 5) is 1.42. The van der Waals surface area contributed by atoms with E-state index in [-0.39, 0.29) is 0 Å². The van der Waals surface area contributed by atoms with Crippen molar-refractivity contribution in [2.45, 2.75) is 6.92 Å². The molecule has 0 saturated carbocycles. The normalized spacial score (nSPS) is 19.9. The standard InChI is InChI=1S/C6H8S2/c1-6-5-7-3-2-4-8-6/h2-3,5H,4H2,1H3. The Labute approximate surface area is 58.4 Å². The fourth-order valence-corrected chi connectivity index (χ4v) is 1.94. The highest BCUT2D eigenvalue weighted by Crippen LogP contribution is 2.22. The molecule has 0 spiro atoms. The summed E-state index contributed by atoms with van der Waals surface area (Å²) in [5.41, 5.74) is 0. The van der Waals surface area contributed by atoms with Gasteiger partial charge >= 0.3 is 0 Å². The van der Waals surface area contributed by atoms with E-state index in [4.69, 9.17) is 0 Å². The van der Waals surface area contributed by atoms with E-state index in [0.717, 1.165) is 5.75 Å². The van der Waals surface area contributed by atoms with Gasteiger partial charge in [0, 0.05) is 5.75 Å². The molecule has 2 heteroatoms. The molecule has 1 rings (SSSR count). The maximum Gasteiger partial charge on any atom is 0.0165 e. The van der Waals surface area contributed by atoms with Crippen molar-refractivity contribution in [3.63, 3.8) is 0 Å². The van der Waals surface area contributed by atoms with Crippen molar-refractivity contribution >= 4 is 23.5 Å². The summed E-state index contributed by atoms with van der Waals surface area (Å²) in [7, 11) is 0. The Morgan fingerprint density at radius 2 is 2.50 bits per heavy atom. The van der Waals surface area contributed by atoms with Gasteiger partial charge in [-0.25, -0.2) is 0 Å². The summed E-state index contributed by atoms with van der Waals surface area (Å²) >= 11 is 3.65. The van der Waals surface area contributed by atoms with Gasteiger partial charge in [0.1, 0.15) is 0 Å². The first-order valence-corrected chi connectivity index (χ1v) is 4.42. The fourth-order valence-electron chi connectivity index (χ4n) is 0.444. The van der Waals surface area contributed by atoms with Crippen molar-refractivity contribution in [2.75, 3.05) is 5.75 Å². The molecule has 0 bridgehead atoms. The molecule has 1 heterocycles. The first-order chi connectivity index (χ1) is 3.89. The van der Waals surface area contributed by atoms with E-state index in [9.17, 15) is 0 Å². The molecule has 0 radical (unpaired) electrons. The molecule has 0 N–H and O–H groups in total. The van der Waals surface area contributed by atoms with Crippen LogP contribution < -0.4 is 0 Å². The quantitative estimate of drug-likeness (QED) is 0.512. The van der Waals surface area contributed by atoms with Crippen LogP contribution in [0.3, 0.4) is 0 Å². The maximum atomic E-state index is 2.18. The molecule has 0 unspecified atom stereocenters. The topological polar surface area (TPSA) is 0 Å². The van der Waals surface area contributed by atoms with Gasteiger partial charge in [0.25, 0.3) is 0 Å². The van der Waals surface area contributed by atoms with E-state index < -0.39 is 0 Å². The van der Waals surface area contributed by atoms with E-state index in [1.807, 2.05) is 11.8 Å². The average Bonchev–Trinajstić information content (AvgIpc) is 1.94. The Morgan fingerprint density at radius 1 is 1.62 bits per heavy atom. The Morgan fingerprint density at radius 3 is 3.38 bits per heavy atom. The maximum absolute atomic E-state index is 2.18. The summed E-state index contributed by atoms with van der Waals surface area (Å²) < 4.78 is 0. The molecule has 1 aliphatic rings. The smallest absolute Gasteiger partial charge is 0.0165 e. The minimum absolute atomic E-state index is 1.13. The van der Waals surface area contributed by atoms with Gasteiger partial charge in [-0.2, -0.15) is 0 Å². The summed E-state index contributed by atoms with van der Waals surface area (Å²) in [5, 5.41) is 4.30. The summed E-state index contributed by atoms with van der Waals surface area (Å²) in [6, 6.07) is 0. The monoisotopic (exact) mass is 144 g/mol. The van der Waals surface area contributed by atoms with Crippen LogP contribution in [-0.4, -0.2) is 5.75 Å². The number of allylic oxidation sites excluding steroid dienone is 1. The van der Waals surface area contributed by atoms with Crippen molar-refractivity contribution in [1.29, 1.82) is 0 Å². The van der Waals surface area contributed by atoms with Gasteiger partial charge in [0.15, 0.2) is 0 Å². The molecule has 44 valence electrons. The van der Waals surface area contributed by atoms with E-state index in [0.29, 0.717) is 0 Å². The van der Waals surface area contributed by atoms with Crippen molar-refractivity contribution in [1.82, 2.24) is 0 Å². The molecule has 0 aromatic rings. The number of thioether (sulfide) groups is 2. The second kappa shape index (κ2) is 3.25. The van der Waals surface area contributed by atoms with Gasteiger partial charge in [-0.1, -0.05) is 6.08 Å². The molecule has 8 heavy (non-hydrogen) atoms. The number of rotatable bonds is 0. The van der Waals surface area contributed by atoms with E-state index >= 15 is 0 Å². The van der Waals surface area contributed by atoms with Crippen molar-refractivity contribution in [3.05, 3.63) is 21.8 Å². The van der Waals surface area contributed by atoms with Crippen molar-refractivity contribution in [3.8, 4) is 0 Å². The predicted molar refractivity (Wildman–Crippen MR) is 42.9 cm³/mol. The van der Waals surface area contributed by atoms with Crippen LogP contribution in [0.2, 0.25) is 0 Å². The third-order valence-corrected chi connectivity index (χ3v) is 2.74. The van der Waals surface area contributed by atoms with Gasteiger partial charge in [-0.15, -0.1) is 23.5 Å². The first kappa shape index (κ1) is 6.30. The highest BCUT2D eigenvalue weighted by Gasteiger charge is 1.90. The van der Waals surface area contributed by atoms with Gasteiger partial charge in [0.05, 0.1) is 0 Å². The zero-order valence-electron chi connectivity index (χ0n) is 4.76. The first-order valence-electron chi connectivity index (χ1n) is 2.49. The third kappa shape index (κ3) is 1.97. The van der Waals surface area contributed by atoms with Gasteiger partial charge in [0.2, 0.25) is 0 Å². The number of hydrogen-bond donors (Lipinski definition) is 0. The SMILES string of the molecule is CC1=CSC=CCS1. The lowest BCUT2D eigenvalue weighted by Crippen LogP contribution is -1.65. The molecule has 0 atom stereocenters. The summed E-state index contributed by atoms with van der Waals surface area (Å²) in [6.07, 6.45) is 2.18. The van der Waals surface area contributed by atoms with Crippen molar-refractivity contribution in [2.24, 2.45) is 0 Å². The Hall–Kier alpha value is 0.180. The zero-order chi connectivity index (χ0) is 5.82. The molecular weight excluding hydrogens is 136 g/mol. The molecule has 0 fully saturated rings. The van der Waals surface area contributed by atoms with Crippen LogP contribution in [0.4, 0.5) is 0 Å². The van der Waals surface area contributed by atoms with E-state index in [2.05, 4.69) is 23.8 Å². The van der Waals surface area contributed by atoms with Crippen LogP contribution in [0.1, 0.15) is 6.92 Å². The largest absolute Gasteiger partial charge is 0.126 e. The second-order valence-electron chi connectivity index (χ2n) is 1.55. The van der Waals surface area contributed by atoms with E-state index in [1.165, 1.54) is 4.91 Å².